The summed E-state index contributed by atoms with van der Waals surface area (Å²) >= 11 is 7.26. The molecule has 0 bridgehead atoms. The molecule has 0 amide bonds. The molecule has 2 aromatic heterocycles. The molecule has 2 aromatic rings. The van der Waals surface area contributed by atoms with Crippen molar-refractivity contribution in [1.82, 2.24) is 24.3 Å². The molecule has 0 aliphatic carbocycles. The molecule has 102 valence electrons. The van der Waals surface area contributed by atoms with E-state index in [-0.39, 0.29) is 6.10 Å². The summed E-state index contributed by atoms with van der Waals surface area (Å²) in [6.07, 6.45) is 3.88. The van der Waals surface area contributed by atoms with E-state index in [0.29, 0.717) is 4.34 Å². The zero-order valence-electron chi connectivity index (χ0n) is 10.3. The maximum atomic E-state index is 6.03. The van der Waals surface area contributed by atoms with Gasteiger partial charge in [0.15, 0.2) is 0 Å². The van der Waals surface area contributed by atoms with Crippen LogP contribution in [0.3, 0.4) is 0 Å². The van der Waals surface area contributed by atoms with Gasteiger partial charge in [-0.3, -0.25) is 9.58 Å². The smallest absolute Gasteiger partial charge is 0.138 e. The number of aromatic nitrogens is 4. The van der Waals surface area contributed by atoms with Crippen LogP contribution in [0.15, 0.2) is 18.5 Å². The Morgan fingerprint density at radius 3 is 3.21 bits per heavy atom. The second-order valence-electron chi connectivity index (χ2n) is 4.45. The third-order valence-electron chi connectivity index (χ3n) is 3.06. The quantitative estimate of drug-likeness (QED) is 0.851. The Kier molecular flexibility index (Phi) is 4.07. The van der Waals surface area contributed by atoms with Crippen LogP contribution >= 0.6 is 23.1 Å². The maximum Gasteiger partial charge on any atom is 0.138 e. The van der Waals surface area contributed by atoms with Gasteiger partial charge >= 0.3 is 0 Å². The number of hydrogen-bond donors (Lipinski definition) is 0. The molecular weight excluding hydrogens is 286 g/mol. The second kappa shape index (κ2) is 5.96. The van der Waals surface area contributed by atoms with Crippen molar-refractivity contribution in [2.45, 2.75) is 19.2 Å². The van der Waals surface area contributed by atoms with Crippen molar-refractivity contribution in [2.75, 3.05) is 19.7 Å². The van der Waals surface area contributed by atoms with Crippen molar-refractivity contribution in [3.8, 4) is 0 Å². The lowest BCUT2D eigenvalue weighted by molar-refractivity contribution is -0.0405. The van der Waals surface area contributed by atoms with E-state index in [1.807, 2.05) is 16.9 Å². The van der Waals surface area contributed by atoms with Crippen LogP contribution in [0.4, 0.5) is 0 Å². The summed E-state index contributed by atoms with van der Waals surface area (Å²) in [6, 6.07) is 1.92. The SMILES string of the molecule is Clc1snnc1CN1CCOC(Cn2cccn2)C1. The first-order chi connectivity index (χ1) is 9.31. The number of halogens is 1. The van der Waals surface area contributed by atoms with Gasteiger partial charge < -0.3 is 4.74 Å². The molecular formula is C11H14ClN5OS. The Bertz CT molecular complexity index is 517. The summed E-state index contributed by atoms with van der Waals surface area (Å²) in [5.74, 6) is 0. The van der Waals surface area contributed by atoms with Gasteiger partial charge in [0, 0.05) is 43.6 Å². The summed E-state index contributed by atoms with van der Waals surface area (Å²) in [4.78, 5) is 2.29. The highest BCUT2D eigenvalue weighted by Gasteiger charge is 2.22. The van der Waals surface area contributed by atoms with Crippen molar-refractivity contribution in [3.63, 3.8) is 0 Å². The zero-order chi connectivity index (χ0) is 13.1. The lowest BCUT2D eigenvalue weighted by Gasteiger charge is -2.32. The van der Waals surface area contributed by atoms with E-state index in [1.165, 1.54) is 11.5 Å². The highest BCUT2D eigenvalue weighted by atomic mass is 35.5. The predicted octanol–water partition coefficient (Wildman–Crippen LogP) is 1.29. The van der Waals surface area contributed by atoms with Crippen molar-refractivity contribution >= 4 is 23.1 Å². The highest BCUT2D eigenvalue weighted by Crippen LogP contribution is 2.20. The number of morpholine rings is 1. The van der Waals surface area contributed by atoms with Crippen LogP contribution in [0, 0.1) is 0 Å². The van der Waals surface area contributed by atoms with Crippen LogP contribution in [0.1, 0.15) is 5.69 Å². The van der Waals surface area contributed by atoms with Gasteiger partial charge in [-0.05, 0) is 6.07 Å². The van der Waals surface area contributed by atoms with Gasteiger partial charge in [0.05, 0.1) is 19.3 Å². The number of nitrogens with zero attached hydrogens (tertiary/aromatic N) is 5. The van der Waals surface area contributed by atoms with Crippen molar-refractivity contribution in [2.24, 2.45) is 0 Å². The molecule has 0 N–H and O–H groups in total. The zero-order valence-corrected chi connectivity index (χ0v) is 11.8. The first-order valence-corrected chi connectivity index (χ1v) is 7.24. The Labute approximate surface area is 120 Å². The molecule has 1 aliphatic rings. The molecule has 1 aliphatic heterocycles. The fraction of sp³-hybridized carbons (Fsp3) is 0.545. The van der Waals surface area contributed by atoms with E-state index in [1.54, 1.807) is 6.20 Å². The van der Waals surface area contributed by atoms with Gasteiger partial charge in [-0.25, -0.2) is 0 Å². The molecule has 3 heterocycles. The van der Waals surface area contributed by atoms with Crippen molar-refractivity contribution < 1.29 is 4.74 Å². The van der Waals surface area contributed by atoms with Crippen LogP contribution in [0.25, 0.3) is 0 Å². The molecule has 0 spiro atoms. The Morgan fingerprint density at radius 1 is 1.53 bits per heavy atom. The molecule has 0 aromatic carbocycles. The summed E-state index contributed by atoms with van der Waals surface area (Å²) in [5.41, 5.74) is 0.853. The minimum Gasteiger partial charge on any atom is -0.374 e. The minimum absolute atomic E-state index is 0.152. The molecule has 3 rings (SSSR count). The first-order valence-electron chi connectivity index (χ1n) is 6.09. The van der Waals surface area contributed by atoms with E-state index in [4.69, 9.17) is 16.3 Å². The largest absolute Gasteiger partial charge is 0.374 e. The summed E-state index contributed by atoms with van der Waals surface area (Å²) in [6.45, 7) is 3.97. The lowest BCUT2D eigenvalue weighted by atomic mass is 10.2. The van der Waals surface area contributed by atoms with Crippen LogP contribution in [0.2, 0.25) is 4.34 Å². The molecule has 1 saturated heterocycles. The average molecular weight is 300 g/mol. The van der Waals surface area contributed by atoms with Gasteiger partial charge in [-0.2, -0.15) is 5.10 Å². The van der Waals surface area contributed by atoms with Gasteiger partial charge in [0.25, 0.3) is 0 Å². The van der Waals surface area contributed by atoms with Crippen LogP contribution in [-0.4, -0.2) is 50.1 Å². The van der Waals surface area contributed by atoms with E-state index < -0.39 is 0 Å². The first kappa shape index (κ1) is 13.0. The molecule has 1 unspecified atom stereocenters. The molecule has 1 atom stereocenters. The van der Waals surface area contributed by atoms with Gasteiger partial charge in [-0.15, -0.1) is 5.10 Å². The molecule has 1 fully saturated rings. The number of ether oxygens (including phenoxy) is 1. The van der Waals surface area contributed by atoms with E-state index in [9.17, 15) is 0 Å². The Hall–Kier alpha value is -1.02. The normalized spacial score (nSPS) is 20.8. The highest BCUT2D eigenvalue weighted by molar-refractivity contribution is 7.10. The van der Waals surface area contributed by atoms with Gasteiger partial charge in [0.2, 0.25) is 0 Å². The van der Waals surface area contributed by atoms with Crippen molar-refractivity contribution in [3.05, 3.63) is 28.5 Å². The second-order valence-corrected chi connectivity index (χ2v) is 5.81. The summed E-state index contributed by atoms with van der Waals surface area (Å²) in [7, 11) is 0. The monoisotopic (exact) mass is 299 g/mol. The summed E-state index contributed by atoms with van der Waals surface area (Å²) < 4.78 is 12.2. The minimum atomic E-state index is 0.152. The standard InChI is InChI=1S/C11H14ClN5OS/c12-11-10(14-15-19-11)8-16-4-5-18-9(6-16)7-17-3-1-2-13-17/h1-3,9H,4-8H2. The topological polar surface area (TPSA) is 56.1 Å². The molecule has 0 saturated carbocycles. The fourth-order valence-corrected chi connectivity index (χ4v) is 2.77. The maximum absolute atomic E-state index is 6.03. The third-order valence-corrected chi connectivity index (χ3v) is 4.04. The Balaban J connectivity index is 1.57. The van der Waals surface area contributed by atoms with Crippen LogP contribution < -0.4 is 0 Å². The summed E-state index contributed by atoms with van der Waals surface area (Å²) in [5, 5.41) is 8.25. The Morgan fingerprint density at radius 2 is 2.47 bits per heavy atom. The average Bonchev–Trinajstić information content (AvgIpc) is 3.03. The number of rotatable bonds is 4. The molecule has 8 heteroatoms. The van der Waals surface area contributed by atoms with Gasteiger partial charge in [-0.1, -0.05) is 16.1 Å². The van der Waals surface area contributed by atoms with E-state index >= 15 is 0 Å². The van der Waals surface area contributed by atoms with E-state index in [2.05, 4.69) is 19.6 Å². The van der Waals surface area contributed by atoms with E-state index in [0.717, 1.165) is 38.5 Å². The van der Waals surface area contributed by atoms with Gasteiger partial charge in [0.1, 0.15) is 10.0 Å². The predicted molar refractivity (Wildman–Crippen MR) is 72.2 cm³/mol. The van der Waals surface area contributed by atoms with Crippen molar-refractivity contribution in [1.29, 1.82) is 0 Å². The molecule has 6 nitrogen and oxygen atoms in total. The molecule has 19 heavy (non-hydrogen) atoms. The van der Waals surface area contributed by atoms with Crippen LogP contribution in [-0.2, 0) is 17.8 Å². The fourth-order valence-electron chi connectivity index (χ4n) is 2.15. The molecule has 0 radical (unpaired) electrons. The number of hydrogen-bond acceptors (Lipinski definition) is 6. The third kappa shape index (κ3) is 3.30. The van der Waals surface area contributed by atoms with Crippen LogP contribution in [0.5, 0.6) is 0 Å². The lowest BCUT2D eigenvalue weighted by Crippen LogP contribution is -2.43.